The molecule has 0 amide bonds. The van der Waals surface area contributed by atoms with Gasteiger partial charge in [-0.2, -0.15) is 0 Å². The van der Waals surface area contributed by atoms with E-state index in [0.717, 1.165) is 18.0 Å². The van der Waals surface area contributed by atoms with Crippen LogP contribution in [0, 0.1) is 0 Å². The molecule has 1 atom stereocenters. The van der Waals surface area contributed by atoms with Crippen LogP contribution in [0.3, 0.4) is 0 Å². The molecule has 106 valence electrons. The van der Waals surface area contributed by atoms with Crippen LogP contribution in [-0.4, -0.2) is 37.1 Å². The second-order valence-electron chi connectivity index (χ2n) is 5.60. The number of hydrogen-bond acceptors (Lipinski definition) is 2. The van der Waals surface area contributed by atoms with Gasteiger partial charge in [0, 0.05) is 17.6 Å². The lowest BCUT2D eigenvalue weighted by atomic mass is 10.1. The van der Waals surface area contributed by atoms with E-state index in [-0.39, 0.29) is 0 Å². The first-order valence-electron chi connectivity index (χ1n) is 7.44. The average Bonchev–Trinajstić information content (AvgIpc) is 2.40. The van der Waals surface area contributed by atoms with Crippen LogP contribution in [0.1, 0.15) is 31.7 Å². The van der Waals surface area contributed by atoms with Gasteiger partial charge in [-0.3, -0.25) is 0 Å². The minimum atomic E-state index is 0.567. The van der Waals surface area contributed by atoms with Gasteiger partial charge in [0.25, 0.3) is 0 Å². The molecule has 2 rings (SSSR count). The third-order valence-electron chi connectivity index (χ3n) is 3.78. The highest BCUT2D eigenvalue weighted by Gasteiger charge is 2.12. The Labute approximate surface area is 122 Å². The van der Waals surface area contributed by atoms with Gasteiger partial charge in [-0.15, -0.1) is 0 Å². The zero-order chi connectivity index (χ0) is 13.5. The van der Waals surface area contributed by atoms with Crippen molar-refractivity contribution >= 4 is 11.6 Å². The van der Waals surface area contributed by atoms with Crippen molar-refractivity contribution in [2.45, 2.75) is 38.6 Å². The molecule has 1 unspecified atom stereocenters. The third-order valence-corrected chi connectivity index (χ3v) is 4.01. The highest BCUT2D eigenvalue weighted by atomic mass is 35.5. The maximum atomic E-state index is 5.99. The molecule has 1 aromatic carbocycles. The van der Waals surface area contributed by atoms with Gasteiger partial charge < -0.3 is 10.2 Å². The highest BCUT2D eigenvalue weighted by molar-refractivity contribution is 6.30. The Balaban J connectivity index is 1.64. The summed E-state index contributed by atoms with van der Waals surface area (Å²) in [5, 5.41) is 4.45. The fourth-order valence-corrected chi connectivity index (χ4v) is 2.96. The number of nitrogens with zero attached hydrogens (tertiary/aromatic N) is 1. The zero-order valence-electron chi connectivity index (χ0n) is 11.9. The second-order valence-corrected chi connectivity index (χ2v) is 6.03. The van der Waals surface area contributed by atoms with E-state index in [9.17, 15) is 0 Å². The molecular weight excluding hydrogens is 256 g/mol. The molecule has 1 saturated heterocycles. The number of piperidine rings is 1. The van der Waals surface area contributed by atoms with Crippen LogP contribution in [0.5, 0.6) is 0 Å². The van der Waals surface area contributed by atoms with E-state index in [1.165, 1.54) is 44.5 Å². The summed E-state index contributed by atoms with van der Waals surface area (Å²) in [7, 11) is 0. The van der Waals surface area contributed by atoms with E-state index < -0.39 is 0 Å². The number of rotatable bonds is 6. The van der Waals surface area contributed by atoms with Crippen molar-refractivity contribution < 1.29 is 0 Å². The highest BCUT2D eigenvalue weighted by Crippen LogP contribution is 2.11. The monoisotopic (exact) mass is 280 g/mol. The van der Waals surface area contributed by atoms with Gasteiger partial charge in [-0.1, -0.05) is 30.2 Å². The van der Waals surface area contributed by atoms with E-state index in [1.807, 2.05) is 12.1 Å². The van der Waals surface area contributed by atoms with Crippen molar-refractivity contribution in [3.05, 3.63) is 34.9 Å². The molecule has 1 fully saturated rings. The van der Waals surface area contributed by atoms with Crippen LogP contribution in [0.2, 0.25) is 5.02 Å². The Morgan fingerprint density at radius 3 is 2.79 bits per heavy atom. The minimum Gasteiger partial charge on any atom is -0.313 e. The normalized spacial score (nSPS) is 18.4. The van der Waals surface area contributed by atoms with E-state index in [0.29, 0.717) is 6.04 Å². The Morgan fingerprint density at radius 1 is 1.26 bits per heavy atom. The minimum absolute atomic E-state index is 0.567. The van der Waals surface area contributed by atoms with Gasteiger partial charge in [0.05, 0.1) is 0 Å². The first-order chi connectivity index (χ1) is 9.24. The molecule has 0 spiro atoms. The summed E-state index contributed by atoms with van der Waals surface area (Å²) in [6.07, 6.45) is 5.20. The molecule has 0 aromatic heterocycles. The SMILES string of the molecule is CC(CN1CCCCC1)NCCc1cccc(Cl)c1. The molecule has 2 nitrogen and oxygen atoms in total. The van der Waals surface area contributed by atoms with Crippen LogP contribution in [-0.2, 0) is 6.42 Å². The Morgan fingerprint density at radius 2 is 2.05 bits per heavy atom. The molecule has 0 bridgehead atoms. The average molecular weight is 281 g/mol. The number of benzene rings is 1. The first kappa shape index (κ1) is 14.8. The summed E-state index contributed by atoms with van der Waals surface area (Å²) in [6.45, 7) is 7.04. The number of halogens is 1. The molecule has 0 radical (unpaired) electrons. The molecular formula is C16H25ClN2. The van der Waals surface area contributed by atoms with Crippen molar-refractivity contribution in [2.75, 3.05) is 26.2 Å². The van der Waals surface area contributed by atoms with Crippen LogP contribution in [0.25, 0.3) is 0 Å². The standard InChI is InChI=1S/C16H25ClN2/c1-14(13-19-10-3-2-4-11-19)18-9-8-15-6-5-7-16(17)12-15/h5-7,12,14,18H,2-4,8-11,13H2,1H3. The largest absolute Gasteiger partial charge is 0.313 e. The molecule has 1 aliphatic heterocycles. The van der Waals surface area contributed by atoms with Crippen LogP contribution in [0.4, 0.5) is 0 Å². The van der Waals surface area contributed by atoms with E-state index >= 15 is 0 Å². The number of hydrogen-bond donors (Lipinski definition) is 1. The molecule has 1 aliphatic rings. The van der Waals surface area contributed by atoms with Gasteiger partial charge >= 0.3 is 0 Å². The summed E-state index contributed by atoms with van der Waals surface area (Å²) >= 11 is 5.99. The molecule has 19 heavy (non-hydrogen) atoms. The smallest absolute Gasteiger partial charge is 0.0408 e. The molecule has 1 aromatic rings. The quantitative estimate of drug-likeness (QED) is 0.860. The maximum absolute atomic E-state index is 5.99. The summed E-state index contributed by atoms with van der Waals surface area (Å²) in [4.78, 5) is 2.58. The lowest BCUT2D eigenvalue weighted by Crippen LogP contribution is -2.42. The fourth-order valence-electron chi connectivity index (χ4n) is 2.75. The van der Waals surface area contributed by atoms with Gasteiger partial charge in [0.1, 0.15) is 0 Å². The van der Waals surface area contributed by atoms with Crippen LogP contribution >= 0.6 is 11.6 Å². The second kappa shape index (κ2) is 7.88. The van der Waals surface area contributed by atoms with Crippen LogP contribution < -0.4 is 5.32 Å². The Bertz CT molecular complexity index is 375. The zero-order valence-corrected chi connectivity index (χ0v) is 12.6. The number of nitrogens with one attached hydrogen (secondary N) is 1. The van der Waals surface area contributed by atoms with Crippen LogP contribution in [0.15, 0.2) is 24.3 Å². The molecule has 1 heterocycles. The molecule has 0 saturated carbocycles. The van der Waals surface area contributed by atoms with Crippen molar-refractivity contribution in [1.82, 2.24) is 10.2 Å². The predicted molar refractivity (Wildman–Crippen MR) is 82.9 cm³/mol. The van der Waals surface area contributed by atoms with Gasteiger partial charge in [0.2, 0.25) is 0 Å². The summed E-state index contributed by atoms with van der Waals surface area (Å²) < 4.78 is 0. The summed E-state index contributed by atoms with van der Waals surface area (Å²) in [5.74, 6) is 0. The molecule has 3 heteroatoms. The summed E-state index contributed by atoms with van der Waals surface area (Å²) in [6, 6.07) is 8.71. The van der Waals surface area contributed by atoms with Gasteiger partial charge in [0.15, 0.2) is 0 Å². The Kier molecular flexibility index (Phi) is 6.15. The van der Waals surface area contributed by atoms with Crippen molar-refractivity contribution in [3.63, 3.8) is 0 Å². The summed E-state index contributed by atoms with van der Waals surface area (Å²) in [5.41, 5.74) is 1.31. The molecule has 0 aliphatic carbocycles. The van der Waals surface area contributed by atoms with Crippen molar-refractivity contribution in [1.29, 1.82) is 0 Å². The fraction of sp³-hybridized carbons (Fsp3) is 0.625. The Hall–Kier alpha value is -0.570. The third kappa shape index (κ3) is 5.52. The van der Waals surface area contributed by atoms with Crippen molar-refractivity contribution in [3.8, 4) is 0 Å². The van der Waals surface area contributed by atoms with E-state index in [1.54, 1.807) is 0 Å². The first-order valence-corrected chi connectivity index (χ1v) is 7.82. The topological polar surface area (TPSA) is 15.3 Å². The van der Waals surface area contributed by atoms with Gasteiger partial charge in [-0.05, 0) is 63.5 Å². The van der Waals surface area contributed by atoms with E-state index in [2.05, 4.69) is 29.3 Å². The number of likely N-dealkylation sites (tertiary alicyclic amines) is 1. The lowest BCUT2D eigenvalue weighted by molar-refractivity contribution is 0.209. The van der Waals surface area contributed by atoms with Gasteiger partial charge in [-0.25, -0.2) is 0 Å². The van der Waals surface area contributed by atoms with E-state index in [4.69, 9.17) is 11.6 Å². The molecule has 1 N–H and O–H groups in total. The maximum Gasteiger partial charge on any atom is 0.0408 e. The predicted octanol–water partition coefficient (Wildman–Crippen LogP) is 3.35. The van der Waals surface area contributed by atoms with Crippen molar-refractivity contribution in [2.24, 2.45) is 0 Å². The lowest BCUT2D eigenvalue weighted by Gasteiger charge is -2.29.